The summed E-state index contributed by atoms with van der Waals surface area (Å²) >= 11 is 0. The minimum absolute atomic E-state index is 0.469. The van der Waals surface area contributed by atoms with Crippen molar-refractivity contribution in [2.75, 3.05) is 20.3 Å². The molecule has 0 N–H and O–H groups in total. The van der Waals surface area contributed by atoms with Crippen molar-refractivity contribution in [3.05, 3.63) is 77.9 Å². The molecule has 0 spiro atoms. The summed E-state index contributed by atoms with van der Waals surface area (Å²) in [6.07, 6.45) is 0. The fourth-order valence-corrected chi connectivity index (χ4v) is 3.81. The molecule has 0 aromatic heterocycles. The first kappa shape index (κ1) is 21.8. The molecule has 3 aromatic rings. The first-order valence-electron chi connectivity index (χ1n) is 10.6. The molecule has 0 atom stereocenters. The zero-order chi connectivity index (χ0) is 21.5. The molecule has 0 unspecified atom stereocenters. The van der Waals surface area contributed by atoms with E-state index in [2.05, 4.69) is 80.2 Å². The van der Waals surface area contributed by atoms with Gasteiger partial charge in [-0.1, -0.05) is 47.6 Å². The van der Waals surface area contributed by atoms with E-state index in [1.807, 2.05) is 24.3 Å². The molecule has 0 saturated carbocycles. The van der Waals surface area contributed by atoms with Crippen LogP contribution < -0.4 is 4.74 Å². The Kier molecular flexibility index (Phi) is 7.47. The monoisotopic (exact) mass is 404 g/mol. The lowest BCUT2D eigenvalue weighted by molar-refractivity contribution is 0.0830. The molecule has 0 amide bonds. The molecule has 0 aliphatic rings. The number of hydrogen-bond acceptors (Lipinski definition) is 4. The maximum Gasteiger partial charge on any atom is 0.129 e. The van der Waals surface area contributed by atoms with Crippen LogP contribution in [0.15, 0.2) is 71.9 Å². The van der Waals surface area contributed by atoms with Crippen LogP contribution in [0.4, 0.5) is 0 Å². The molecule has 0 heterocycles. The highest BCUT2D eigenvalue weighted by Crippen LogP contribution is 2.23. The maximum absolute atomic E-state index is 5.86. The molecule has 4 heteroatoms. The molecule has 3 rings (SSSR count). The summed E-state index contributed by atoms with van der Waals surface area (Å²) in [4.78, 5) is 8.26. The van der Waals surface area contributed by atoms with E-state index >= 15 is 0 Å². The third-order valence-corrected chi connectivity index (χ3v) is 5.33. The van der Waals surface area contributed by atoms with Gasteiger partial charge in [-0.15, -0.1) is 0 Å². The molecule has 158 valence electrons. The van der Waals surface area contributed by atoms with Crippen LogP contribution in [0.25, 0.3) is 10.8 Å². The van der Waals surface area contributed by atoms with Crippen LogP contribution >= 0.6 is 0 Å². The summed E-state index contributed by atoms with van der Waals surface area (Å²) < 4.78 is 5.32. The maximum atomic E-state index is 5.86. The van der Waals surface area contributed by atoms with Gasteiger partial charge < -0.3 is 9.57 Å². The Morgan fingerprint density at radius 1 is 0.867 bits per heavy atom. The van der Waals surface area contributed by atoms with E-state index < -0.39 is 0 Å². The highest BCUT2D eigenvalue weighted by atomic mass is 16.6. The Balaban J connectivity index is 1.92. The second-order valence-electron chi connectivity index (χ2n) is 7.95. The zero-order valence-corrected chi connectivity index (χ0v) is 18.6. The van der Waals surface area contributed by atoms with Crippen molar-refractivity contribution in [1.82, 2.24) is 4.90 Å². The fourth-order valence-electron chi connectivity index (χ4n) is 3.81. The summed E-state index contributed by atoms with van der Waals surface area (Å²) in [5, 5.41) is 6.95. The molecular weight excluding hydrogens is 372 g/mol. The van der Waals surface area contributed by atoms with Crippen LogP contribution in [-0.2, 0) is 4.84 Å². The third kappa shape index (κ3) is 5.19. The Bertz CT molecular complexity index is 964. The number of oxime groups is 1. The predicted octanol–water partition coefficient (Wildman–Crippen LogP) is 5.74. The van der Waals surface area contributed by atoms with Crippen molar-refractivity contribution >= 4 is 16.5 Å². The third-order valence-electron chi connectivity index (χ3n) is 5.33. The largest absolute Gasteiger partial charge is 0.497 e. The Morgan fingerprint density at radius 3 is 2.20 bits per heavy atom. The minimum atomic E-state index is 0.469. The summed E-state index contributed by atoms with van der Waals surface area (Å²) in [6.45, 7) is 10.2. The number of nitrogens with zero attached hydrogens (tertiary/aromatic N) is 2. The standard InChI is InChI=1S/C26H32N2O2/c1-19(2)28(20(3)4)17-18-30-27-26(22-13-15-23(29-5)16-14-22)25-12-8-10-21-9-6-7-11-24(21)25/h6-16,19-20H,17-18H2,1-5H3. The van der Waals surface area contributed by atoms with E-state index in [0.29, 0.717) is 18.7 Å². The van der Waals surface area contributed by atoms with Crippen LogP contribution in [0.3, 0.4) is 0 Å². The zero-order valence-electron chi connectivity index (χ0n) is 18.6. The van der Waals surface area contributed by atoms with Crippen LogP contribution in [0.1, 0.15) is 38.8 Å². The van der Waals surface area contributed by atoms with Crippen molar-refractivity contribution in [1.29, 1.82) is 0 Å². The van der Waals surface area contributed by atoms with Crippen LogP contribution in [0, 0.1) is 0 Å². The summed E-state index contributed by atoms with van der Waals surface area (Å²) in [5.74, 6) is 0.821. The number of rotatable bonds is 9. The number of ether oxygens (including phenoxy) is 1. The van der Waals surface area contributed by atoms with Gasteiger partial charge in [-0.05, 0) is 62.7 Å². The lowest BCUT2D eigenvalue weighted by Crippen LogP contribution is -2.39. The lowest BCUT2D eigenvalue weighted by Gasteiger charge is -2.29. The van der Waals surface area contributed by atoms with Crippen molar-refractivity contribution in [3.63, 3.8) is 0 Å². The molecule has 0 aliphatic heterocycles. The van der Waals surface area contributed by atoms with Gasteiger partial charge in [0.05, 0.1) is 7.11 Å². The van der Waals surface area contributed by atoms with Gasteiger partial charge in [0.2, 0.25) is 0 Å². The van der Waals surface area contributed by atoms with Gasteiger partial charge >= 0.3 is 0 Å². The summed E-state index contributed by atoms with van der Waals surface area (Å²) in [5.41, 5.74) is 2.88. The van der Waals surface area contributed by atoms with Crippen LogP contribution in [-0.4, -0.2) is 43.0 Å². The molecule has 0 radical (unpaired) electrons. The highest BCUT2D eigenvalue weighted by molar-refractivity contribution is 6.19. The SMILES string of the molecule is COc1ccc(C(=NOCCN(C(C)C)C(C)C)c2cccc3ccccc23)cc1. The minimum Gasteiger partial charge on any atom is -0.497 e. The van der Waals surface area contributed by atoms with Crippen molar-refractivity contribution in [2.45, 2.75) is 39.8 Å². The van der Waals surface area contributed by atoms with E-state index in [4.69, 9.17) is 9.57 Å². The molecule has 4 nitrogen and oxygen atoms in total. The van der Waals surface area contributed by atoms with Crippen molar-refractivity contribution < 1.29 is 9.57 Å². The van der Waals surface area contributed by atoms with E-state index in [-0.39, 0.29) is 0 Å². The van der Waals surface area contributed by atoms with Gasteiger partial charge in [0, 0.05) is 29.8 Å². The molecule has 3 aromatic carbocycles. The van der Waals surface area contributed by atoms with Crippen molar-refractivity contribution in [3.8, 4) is 5.75 Å². The highest BCUT2D eigenvalue weighted by Gasteiger charge is 2.14. The fraction of sp³-hybridized carbons (Fsp3) is 0.346. The summed E-state index contributed by atoms with van der Waals surface area (Å²) in [7, 11) is 1.67. The second kappa shape index (κ2) is 10.3. The molecule has 0 aliphatic carbocycles. The van der Waals surface area contributed by atoms with Gasteiger partial charge in [0.1, 0.15) is 18.1 Å². The van der Waals surface area contributed by atoms with E-state index in [1.54, 1.807) is 7.11 Å². The smallest absolute Gasteiger partial charge is 0.129 e. The lowest BCUT2D eigenvalue weighted by atomic mass is 9.96. The first-order valence-corrected chi connectivity index (χ1v) is 10.6. The number of hydrogen-bond donors (Lipinski definition) is 0. The van der Waals surface area contributed by atoms with Crippen molar-refractivity contribution in [2.24, 2.45) is 5.16 Å². The molecule has 30 heavy (non-hydrogen) atoms. The Hall–Kier alpha value is -2.85. The Labute approximate surface area is 180 Å². The van der Waals surface area contributed by atoms with E-state index in [0.717, 1.165) is 34.5 Å². The summed E-state index contributed by atoms with van der Waals surface area (Å²) in [6, 6.07) is 23.5. The molecule has 0 fully saturated rings. The van der Waals surface area contributed by atoms with Gasteiger partial charge in [-0.3, -0.25) is 4.90 Å². The topological polar surface area (TPSA) is 34.1 Å². The second-order valence-corrected chi connectivity index (χ2v) is 7.95. The first-order chi connectivity index (χ1) is 14.5. The van der Waals surface area contributed by atoms with Gasteiger partial charge in [0.15, 0.2) is 0 Å². The molecule has 0 bridgehead atoms. The average molecular weight is 405 g/mol. The molecule has 0 saturated heterocycles. The number of benzene rings is 3. The average Bonchev–Trinajstić information content (AvgIpc) is 2.75. The van der Waals surface area contributed by atoms with E-state index in [9.17, 15) is 0 Å². The van der Waals surface area contributed by atoms with Crippen LogP contribution in [0.2, 0.25) is 0 Å². The quantitative estimate of drug-likeness (QED) is 0.259. The van der Waals surface area contributed by atoms with E-state index in [1.165, 1.54) is 5.39 Å². The van der Waals surface area contributed by atoms with Crippen LogP contribution in [0.5, 0.6) is 5.75 Å². The van der Waals surface area contributed by atoms with Gasteiger partial charge in [0.25, 0.3) is 0 Å². The normalized spacial score (nSPS) is 12.2. The Morgan fingerprint density at radius 2 is 1.53 bits per heavy atom. The number of fused-ring (bicyclic) bond motifs is 1. The molecular formula is C26H32N2O2. The number of methoxy groups -OCH3 is 1. The van der Waals surface area contributed by atoms with Gasteiger partial charge in [-0.2, -0.15) is 0 Å². The predicted molar refractivity (Wildman–Crippen MR) is 126 cm³/mol. The van der Waals surface area contributed by atoms with Gasteiger partial charge in [-0.25, -0.2) is 0 Å².